The maximum Gasteiger partial charge on any atom is 0.419 e. The highest BCUT2D eigenvalue weighted by Gasteiger charge is 2.34. The topological polar surface area (TPSA) is 18.5 Å². The van der Waals surface area contributed by atoms with Crippen molar-refractivity contribution in [2.24, 2.45) is 0 Å². The Hall–Kier alpha value is -2.17. The lowest BCUT2D eigenvalue weighted by atomic mass is 10.0. The fraction of sp³-hybridized carbons (Fsp3) is 0.586. The molecule has 2 aromatic rings. The van der Waals surface area contributed by atoms with Crippen molar-refractivity contribution in [2.75, 3.05) is 13.2 Å². The van der Waals surface area contributed by atoms with Crippen molar-refractivity contribution in [2.45, 2.75) is 97.1 Å². The number of unbranched alkanes of at least 4 members (excludes halogenated alkanes) is 10. The van der Waals surface area contributed by atoms with Crippen LogP contribution in [0.5, 0.6) is 11.5 Å². The molecule has 2 nitrogen and oxygen atoms in total. The number of hydrogen-bond acceptors (Lipinski definition) is 2. The summed E-state index contributed by atoms with van der Waals surface area (Å²) in [7, 11) is 0. The molecule has 0 aliphatic heterocycles. The number of ether oxygens (including phenoxy) is 2. The predicted octanol–water partition coefficient (Wildman–Crippen LogP) is 9.85. The van der Waals surface area contributed by atoms with Crippen molar-refractivity contribution in [3.8, 4) is 22.6 Å². The molecular weight excluding hydrogens is 437 g/mol. The monoisotopic (exact) mass is 478 g/mol. The number of hydrogen-bond donors (Lipinski definition) is 0. The van der Waals surface area contributed by atoms with Gasteiger partial charge >= 0.3 is 6.18 Å². The Morgan fingerprint density at radius 3 is 1.65 bits per heavy atom. The van der Waals surface area contributed by atoms with Crippen LogP contribution in [-0.2, 0) is 6.18 Å². The fourth-order valence-corrected chi connectivity index (χ4v) is 3.94. The third kappa shape index (κ3) is 10.4. The minimum absolute atomic E-state index is 0.0938. The molecule has 34 heavy (non-hydrogen) atoms. The lowest BCUT2D eigenvalue weighted by molar-refractivity contribution is -0.138. The summed E-state index contributed by atoms with van der Waals surface area (Å²) < 4.78 is 52.4. The zero-order valence-corrected chi connectivity index (χ0v) is 20.9. The van der Waals surface area contributed by atoms with E-state index in [1.54, 1.807) is 6.07 Å². The second-order valence-corrected chi connectivity index (χ2v) is 8.97. The predicted molar refractivity (Wildman–Crippen MR) is 135 cm³/mol. The van der Waals surface area contributed by atoms with Crippen LogP contribution in [0, 0.1) is 0 Å². The first-order valence-corrected chi connectivity index (χ1v) is 13.0. The van der Waals surface area contributed by atoms with Gasteiger partial charge in [-0.1, -0.05) is 96.3 Å². The van der Waals surface area contributed by atoms with Crippen LogP contribution in [-0.4, -0.2) is 13.2 Å². The van der Waals surface area contributed by atoms with Gasteiger partial charge in [0, 0.05) is 0 Å². The SMILES string of the molecule is CCCCCCCCOc1ccc(-c2ccc(OCCCCCCCC)c(C(F)(F)F)c2)cc1. The normalized spacial score (nSPS) is 11.6. The van der Waals surface area contributed by atoms with Gasteiger partial charge in [0.2, 0.25) is 0 Å². The third-order valence-corrected chi connectivity index (χ3v) is 5.99. The van der Waals surface area contributed by atoms with Gasteiger partial charge < -0.3 is 9.47 Å². The Morgan fingerprint density at radius 2 is 1.09 bits per heavy atom. The molecule has 190 valence electrons. The lowest BCUT2D eigenvalue weighted by Crippen LogP contribution is -2.09. The van der Waals surface area contributed by atoms with E-state index in [2.05, 4.69) is 13.8 Å². The molecule has 0 spiro atoms. The molecule has 0 radical (unpaired) electrons. The van der Waals surface area contributed by atoms with E-state index in [1.165, 1.54) is 57.1 Å². The van der Waals surface area contributed by atoms with Gasteiger partial charge in [0.1, 0.15) is 11.5 Å². The van der Waals surface area contributed by atoms with Crippen molar-refractivity contribution >= 4 is 0 Å². The first kappa shape index (κ1) is 28.1. The molecule has 0 N–H and O–H groups in total. The molecule has 0 fully saturated rings. The average molecular weight is 479 g/mol. The summed E-state index contributed by atoms with van der Waals surface area (Å²) >= 11 is 0. The van der Waals surface area contributed by atoms with Gasteiger partial charge in [-0.3, -0.25) is 0 Å². The van der Waals surface area contributed by atoms with Crippen LogP contribution >= 0.6 is 0 Å². The average Bonchev–Trinajstić information content (AvgIpc) is 2.83. The molecule has 0 aromatic heterocycles. The van der Waals surface area contributed by atoms with Crippen molar-refractivity contribution in [1.82, 2.24) is 0 Å². The van der Waals surface area contributed by atoms with Gasteiger partial charge in [-0.25, -0.2) is 0 Å². The van der Waals surface area contributed by atoms with Gasteiger partial charge in [0.25, 0.3) is 0 Å². The van der Waals surface area contributed by atoms with Crippen molar-refractivity contribution in [3.05, 3.63) is 48.0 Å². The molecule has 0 atom stereocenters. The fourth-order valence-electron chi connectivity index (χ4n) is 3.94. The maximum absolute atomic E-state index is 13.7. The summed E-state index contributed by atoms with van der Waals surface area (Å²) in [5.74, 6) is 0.649. The van der Waals surface area contributed by atoms with E-state index in [-0.39, 0.29) is 5.75 Å². The van der Waals surface area contributed by atoms with Crippen LogP contribution in [0.15, 0.2) is 42.5 Å². The van der Waals surface area contributed by atoms with Crippen molar-refractivity contribution in [1.29, 1.82) is 0 Å². The molecule has 0 unspecified atom stereocenters. The zero-order chi connectivity index (χ0) is 24.7. The Kier molecular flexibility index (Phi) is 12.9. The molecule has 0 heterocycles. The number of halogens is 3. The summed E-state index contributed by atoms with van der Waals surface area (Å²) in [5, 5.41) is 0. The molecule has 2 aromatic carbocycles. The van der Waals surface area contributed by atoms with Crippen LogP contribution in [0.1, 0.15) is 96.5 Å². The molecule has 0 bridgehead atoms. The standard InChI is InChI=1S/C29H41F3O2/c1-3-5-7-9-11-13-21-33-26-18-15-24(16-19-26)25-17-20-28(27(23-25)29(30,31)32)34-22-14-12-10-8-6-4-2/h15-20,23H,3-14,21-22H2,1-2H3. The quantitative estimate of drug-likeness (QED) is 0.211. The minimum Gasteiger partial charge on any atom is -0.494 e. The zero-order valence-electron chi connectivity index (χ0n) is 20.9. The third-order valence-electron chi connectivity index (χ3n) is 5.99. The second kappa shape index (κ2) is 15.7. The molecule has 2 rings (SSSR count). The Bertz CT molecular complexity index is 800. The summed E-state index contributed by atoms with van der Waals surface area (Å²) in [6, 6.07) is 11.6. The number of alkyl halides is 3. The Labute approximate surface area is 203 Å². The molecule has 0 amide bonds. The number of benzene rings is 2. The number of rotatable bonds is 17. The van der Waals surface area contributed by atoms with Crippen molar-refractivity contribution < 1.29 is 22.6 Å². The highest BCUT2D eigenvalue weighted by atomic mass is 19.4. The molecule has 0 saturated heterocycles. The van der Waals surface area contributed by atoms with Crippen LogP contribution in [0.2, 0.25) is 0 Å². The van der Waals surface area contributed by atoms with Gasteiger partial charge in [0.05, 0.1) is 18.8 Å². The Morgan fingerprint density at radius 1 is 0.588 bits per heavy atom. The maximum atomic E-state index is 13.7. The van der Waals surface area contributed by atoms with Crippen LogP contribution < -0.4 is 9.47 Å². The van der Waals surface area contributed by atoms with Gasteiger partial charge in [0.15, 0.2) is 0 Å². The smallest absolute Gasteiger partial charge is 0.419 e. The Balaban J connectivity index is 1.90. The van der Waals surface area contributed by atoms with Crippen molar-refractivity contribution in [3.63, 3.8) is 0 Å². The lowest BCUT2D eigenvalue weighted by Gasteiger charge is -2.16. The highest BCUT2D eigenvalue weighted by Crippen LogP contribution is 2.39. The van der Waals surface area contributed by atoms with E-state index >= 15 is 0 Å². The van der Waals surface area contributed by atoms with Crippen LogP contribution in [0.4, 0.5) is 13.2 Å². The second-order valence-electron chi connectivity index (χ2n) is 8.97. The highest BCUT2D eigenvalue weighted by molar-refractivity contribution is 5.66. The van der Waals surface area contributed by atoms with E-state index in [0.29, 0.717) is 18.8 Å². The molecule has 0 aliphatic rings. The van der Waals surface area contributed by atoms with E-state index in [1.807, 2.05) is 24.3 Å². The summed E-state index contributed by atoms with van der Waals surface area (Å²) in [5.41, 5.74) is 0.515. The summed E-state index contributed by atoms with van der Waals surface area (Å²) in [6.45, 7) is 5.33. The summed E-state index contributed by atoms with van der Waals surface area (Å²) in [4.78, 5) is 0. The minimum atomic E-state index is -4.47. The van der Waals surface area contributed by atoms with Crippen LogP contribution in [0.25, 0.3) is 11.1 Å². The first-order valence-electron chi connectivity index (χ1n) is 13.0. The van der Waals surface area contributed by atoms with E-state index in [9.17, 15) is 13.2 Å². The van der Waals surface area contributed by atoms with E-state index < -0.39 is 11.7 Å². The van der Waals surface area contributed by atoms with Crippen LogP contribution in [0.3, 0.4) is 0 Å². The molecular formula is C29H41F3O2. The van der Waals surface area contributed by atoms with Gasteiger partial charge in [-0.05, 0) is 48.2 Å². The summed E-state index contributed by atoms with van der Waals surface area (Å²) in [6.07, 6.45) is 9.12. The molecule has 0 saturated carbocycles. The first-order chi connectivity index (χ1) is 16.5. The van der Waals surface area contributed by atoms with E-state index in [0.717, 1.165) is 43.4 Å². The molecule has 0 aliphatic carbocycles. The largest absolute Gasteiger partial charge is 0.494 e. The van der Waals surface area contributed by atoms with Gasteiger partial charge in [-0.2, -0.15) is 13.2 Å². The van der Waals surface area contributed by atoms with Gasteiger partial charge in [-0.15, -0.1) is 0 Å². The van der Waals surface area contributed by atoms with E-state index in [4.69, 9.17) is 9.47 Å². The molecule has 5 heteroatoms.